The number of halogens is 1. The Morgan fingerprint density at radius 2 is 2.27 bits per heavy atom. The highest BCUT2D eigenvalue weighted by molar-refractivity contribution is 5.83. The molecule has 76 valence electrons. The maximum atomic E-state index is 13.0. The van der Waals surface area contributed by atoms with E-state index in [4.69, 9.17) is 0 Å². The van der Waals surface area contributed by atoms with E-state index in [-0.39, 0.29) is 5.82 Å². The van der Waals surface area contributed by atoms with Gasteiger partial charge in [0, 0.05) is 12.6 Å². The Morgan fingerprint density at radius 3 is 2.93 bits per heavy atom. The second-order valence-electron chi connectivity index (χ2n) is 3.22. The van der Waals surface area contributed by atoms with E-state index in [0.29, 0.717) is 23.2 Å². The number of aryl methyl sites for hydroxylation is 1. The molecule has 0 aliphatic rings. The van der Waals surface area contributed by atoms with Crippen molar-refractivity contribution >= 4 is 6.29 Å². The maximum Gasteiger partial charge on any atom is 0.168 e. The quantitative estimate of drug-likeness (QED) is 0.701. The molecule has 1 heterocycles. The number of aldehydes is 1. The number of nitrogens with zero attached hydrogens (tertiary/aromatic N) is 2. The molecule has 3 nitrogen and oxygen atoms in total. The van der Waals surface area contributed by atoms with E-state index in [1.165, 1.54) is 18.5 Å². The summed E-state index contributed by atoms with van der Waals surface area (Å²) in [6.45, 7) is 0. The van der Waals surface area contributed by atoms with Gasteiger partial charge >= 0.3 is 0 Å². The van der Waals surface area contributed by atoms with Crippen LogP contribution < -0.4 is 0 Å². The van der Waals surface area contributed by atoms with Gasteiger partial charge in [0.25, 0.3) is 0 Å². The zero-order chi connectivity index (χ0) is 10.8. The molecule has 0 unspecified atom stereocenters. The highest BCUT2D eigenvalue weighted by Gasteiger charge is 2.10. The van der Waals surface area contributed by atoms with Gasteiger partial charge in [-0.15, -0.1) is 0 Å². The molecule has 2 rings (SSSR count). The average molecular weight is 204 g/mol. The first-order valence-electron chi connectivity index (χ1n) is 4.45. The number of rotatable bonds is 2. The molecule has 0 aliphatic heterocycles. The van der Waals surface area contributed by atoms with Gasteiger partial charge in [-0.1, -0.05) is 12.1 Å². The minimum absolute atomic E-state index is 0.338. The van der Waals surface area contributed by atoms with Gasteiger partial charge in [0.15, 0.2) is 6.29 Å². The van der Waals surface area contributed by atoms with E-state index in [1.807, 2.05) is 0 Å². The Kier molecular flexibility index (Phi) is 2.33. The van der Waals surface area contributed by atoms with Gasteiger partial charge in [0.05, 0.1) is 12.0 Å². The van der Waals surface area contributed by atoms with Crippen LogP contribution in [0, 0.1) is 5.82 Å². The normalized spacial score (nSPS) is 10.3. The lowest BCUT2D eigenvalue weighted by Gasteiger charge is -1.99. The summed E-state index contributed by atoms with van der Waals surface area (Å²) >= 11 is 0. The number of carbonyl (C=O) groups excluding carboxylic acids is 1. The Balaban J connectivity index is 2.58. The minimum atomic E-state index is -0.338. The predicted molar refractivity (Wildman–Crippen MR) is 54.0 cm³/mol. The number of aromatic nitrogens is 2. The topological polar surface area (TPSA) is 34.9 Å². The zero-order valence-electron chi connectivity index (χ0n) is 8.14. The van der Waals surface area contributed by atoms with Crippen molar-refractivity contribution < 1.29 is 9.18 Å². The van der Waals surface area contributed by atoms with Crippen LogP contribution in [0.1, 0.15) is 10.5 Å². The van der Waals surface area contributed by atoms with Crippen LogP contribution in [0.5, 0.6) is 0 Å². The van der Waals surface area contributed by atoms with Gasteiger partial charge in [0.2, 0.25) is 0 Å². The van der Waals surface area contributed by atoms with E-state index < -0.39 is 0 Å². The van der Waals surface area contributed by atoms with E-state index in [0.717, 1.165) is 0 Å². The van der Waals surface area contributed by atoms with Gasteiger partial charge < -0.3 is 4.57 Å². The molecule has 4 heteroatoms. The third-order valence-corrected chi connectivity index (χ3v) is 2.19. The van der Waals surface area contributed by atoms with Crippen LogP contribution in [0.3, 0.4) is 0 Å². The molecule has 0 atom stereocenters. The van der Waals surface area contributed by atoms with Gasteiger partial charge in [-0.2, -0.15) is 0 Å². The van der Waals surface area contributed by atoms with Gasteiger partial charge in [-0.3, -0.25) is 4.79 Å². The molecule has 0 amide bonds. The lowest BCUT2D eigenvalue weighted by molar-refractivity contribution is 0.111. The predicted octanol–water partition coefficient (Wildman–Crippen LogP) is 2.04. The molecule has 0 radical (unpaired) electrons. The zero-order valence-corrected chi connectivity index (χ0v) is 8.14. The first kappa shape index (κ1) is 9.58. The van der Waals surface area contributed by atoms with E-state index in [2.05, 4.69) is 4.98 Å². The van der Waals surface area contributed by atoms with Crippen molar-refractivity contribution in [3.63, 3.8) is 0 Å². The Labute approximate surface area is 86.2 Å². The largest absolute Gasteiger partial charge is 0.331 e. The van der Waals surface area contributed by atoms with E-state index >= 15 is 0 Å². The highest BCUT2D eigenvalue weighted by Crippen LogP contribution is 2.20. The number of hydrogen-bond donors (Lipinski definition) is 0. The van der Waals surface area contributed by atoms with Crippen molar-refractivity contribution in [3.05, 3.63) is 42.1 Å². The van der Waals surface area contributed by atoms with Crippen molar-refractivity contribution in [2.75, 3.05) is 0 Å². The molecule has 1 aromatic carbocycles. The fraction of sp³-hybridized carbons (Fsp3) is 0.0909. The molecule has 2 aromatic rings. The number of carbonyl (C=O) groups is 1. The SMILES string of the molecule is Cn1cnc(-c2cccc(F)c2)c1C=O. The standard InChI is InChI=1S/C11H9FN2O/c1-14-7-13-11(10(14)6-15)8-3-2-4-9(12)5-8/h2-7H,1H3. The molecule has 0 fully saturated rings. The van der Waals surface area contributed by atoms with E-state index in [1.54, 1.807) is 23.7 Å². The van der Waals surface area contributed by atoms with Crippen molar-refractivity contribution in [2.45, 2.75) is 0 Å². The minimum Gasteiger partial charge on any atom is -0.331 e. The number of benzene rings is 1. The van der Waals surface area contributed by atoms with Crippen LogP contribution in [-0.2, 0) is 7.05 Å². The van der Waals surface area contributed by atoms with Crippen LogP contribution >= 0.6 is 0 Å². The fourth-order valence-corrected chi connectivity index (χ4v) is 1.44. The number of imidazole rings is 1. The summed E-state index contributed by atoms with van der Waals surface area (Å²) in [7, 11) is 1.72. The van der Waals surface area contributed by atoms with Crippen LogP contribution in [0.4, 0.5) is 4.39 Å². The van der Waals surface area contributed by atoms with Crippen LogP contribution in [0.15, 0.2) is 30.6 Å². The molecular weight excluding hydrogens is 195 g/mol. The van der Waals surface area contributed by atoms with Crippen molar-refractivity contribution in [3.8, 4) is 11.3 Å². The van der Waals surface area contributed by atoms with Crippen LogP contribution in [0.2, 0.25) is 0 Å². The molecule has 15 heavy (non-hydrogen) atoms. The molecule has 1 aromatic heterocycles. The van der Waals surface area contributed by atoms with Crippen molar-refractivity contribution in [2.24, 2.45) is 7.05 Å². The average Bonchev–Trinajstić information content (AvgIpc) is 2.59. The molecule has 0 saturated carbocycles. The van der Waals surface area contributed by atoms with Crippen LogP contribution in [0.25, 0.3) is 11.3 Å². The summed E-state index contributed by atoms with van der Waals surface area (Å²) in [5.41, 5.74) is 1.56. The summed E-state index contributed by atoms with van der Waals surface area (Å²) in [5, 5.41) is 0. The fourth-order valence-electron chi connectivity index (χ4n) is 1.44. The summed E-state index contributed by atoms with van der Waals surface area (Å²) in [4.78, 5) is 14.9. The Morgan fingerprint density at radius 1 is 1.47 bits per heavy atom. The summed E-state index contributed by atoms with van der Waals surface area (Å²) in [5.74, 6) is -0.338. The van der Waals surface area contributed by atoms with E-state index in [9.17, 15) is 9.18 Å². The molecular formula is C11H9FN2O. The second kappa shape index (κ2) is 3.65. The first-order valence-corrected chi connectivity index (χ1v) is 4.45. The van der Waals surface area contributed by atoms with Crippen molar-refractivity contribution in [1.82, 2.24) is 9.55 Å². The summed E-state index contributed by atoms with van der Waals surface area (Å²) < 4.78 is 14.6. The van der Waals surface area contributed by atoms with Gasteiger partial charge in [-0.25, -0.2) is 9.37 Å². The Bertz CT molecular complexity index is 505. The summed E-state index contributed by atoms with van der Waals surface area (Å²) in [6.07, 6.45) is 2.25. The Hall–Kier alpha value is -1.97. The molecule has 0 bridgehead atoms. The summed E-state index contributed by atoms with van der Waals surface area (Å²) in [6, 6.07) is 6.02. The first-order chi connectivity index (χ1) is 7.22. The van der Waals surface area contributed by atoms with Gasteiger partial charge in [-0.05, 0) is 12.1 Å². The molecule has 0 spiro atoms. The van der Waals surface area contributed by atoms with Crippen LogP contribution in [-0.4, -0.2) is 15.8 Å². The molecule has 0 N–H and O–H groups in total. The lowest BCUT2D eigenvalue weighted by atomic mass is 10.1. The smallest absolute Gasteiger partial charge is 0.168 e. The third kappa shape index (κ3) is 1.66. The number of hydrogen-bond acceptors (Lipinski definition) is 2. The third-order valence-electron chi connectivity index (χ3n) is 2.19. The monoisotopic (exact) mass is 204 g/mol. The van der Waals surface area contributed by atoms with Crippen molar-refractivity contribution in [1.29, 1.82) is 0 Å². The molecule has 0 saturated heterocycles. The molecule has 0 aliphatic carbocycles. The maximum absolute atomic E-state index is 13.0. The lowest BCUT2D eigenvalue weighted by Crippen LogP contribution is -1.94. The second-order valence-corrected chi connectivity index (χ2v) is 3.22. The highest BCUT2D eigenvalue weighted by atomic mass is 19.1. The van der Waals surface area contributed by atoms with Gasteiger partial charge in [0.1, 0.15) is 11.5 Å².